The van der Waals surface area contributed by atoms with Crippen LogP contribution in [0.1, 0.15) is 22.8 Å². The van der Waals surface area contributed by atoms with Crippen molar-refractivity contribution in [3.8, 4) is 0 Å². The number of carbonyl (C=O) groups excluding carboxylic acids is 1. The fourth-order valence-electron chi connectivity index (χ4n) is 1.94. The van der Waals surface area contributed by atoms with Crippen LogP contribution < -0.4 is 5.32 Å². The van der Waals surface area contributed by atoms with Crippen LogP contribution in [-0.2, 0) is 4.74 Å². The third-order valence-corrected chi connectivity index (χ3v) is 3.75. The van der Waals surface area contributed by atoms with Gasteiger partial charge in [-0.05, 0) is 13.0 Å². The number of hydrogen-bond acceptors (Lipinski definition) is 4. The number of carbonyl (C=O) groups is 1. The summed E-state index contributed by atoms with van der Waals surface area (Å²) in [5.74, 6) is -0.151. The van der Waals surface area contributed by atoms with E-state index in [1.165, 1.54) is 6.20 Å². The maximum Gasteiger partial charge on any atom is 0.341 e. The number of nitrogens with two attached hydrogens (primary N) is 1. The minimum absolute atomic E-state index is 0.118. The van der Waals surface area contributed by atoms with Crippen LogP contribution in [0.15, 0.2) is 24.4 Å². The van der Waals surface area contributed by atoms with Crippen molar-refractivity contribution in [1.29, 1.82) is 5.41 Å². The molecule has 0 fully saturated rings. The monoisotopic (exact) mass is 372 g/mol. The minimum Gasteiger partial charge on any atom is -0.462 e. The van der Waals surface area contributed by atoms with Gasteiger partial charge in [-0.3, -0.25) is 5.32 Å². The molecule has 0 bridgehead atoms. The van der Waals surface area contributed by atoms with E-state index in [1.54, 1.807) is 30.4 Å². The summed E-state index contributed by atoms with van der Waals surface area (Å²) in [6.07, 6.45) is 2.36. The maximum absolute atomic E-state index is 11.8. The van der Waals surface area contributed by atoms with Crippen molar-refractivity contribution < 1.29 is 14.8 Å². The molecule has 2 aromatic rings. The Morgan fingerprint density at radius 1 is 1.30 bits per heavy atom. The first kappa shape index (κ1) is 17.7. The maximum atomic E-state index is 11.8. The van der Waals surface area contributed by atoms with Gasteiger partial charge in [-0.15, -0.1) is 0 Å². The molecule has 120 valence electrons. The quantitative estimate of drug-likeness (QED) is 0.476. The molecule has 0 spiro atoms. The molecule has 1 aromatic heterocycles. The van der Waals surface area contributed by atoms with Gasteiger partial charge < -0.3 is 10.1 Å². The SMILES string of the molecule is CCOC(=O)c1cnc([NH2+]c2cc(Cl)cc(Cl)c2)c(C=N)c1Cl. The lowest BCUT2D eigenvalue weighted by atomic mass is 10.2. The van der Waals surface area contributed by atoms with Crippen molar-refractivity contribution in [2.75, 3.05) is 6.61 Å². The van der Waals surface area contributed by atoms with Gasteiger partial charge in [-0.1, -0.05) is 34.8 Å². The number of quaternary nitrogens is 1. The number of hydrogen-bond donors (Lipinski definition) is 2. The zero-order valence-electron chi connectivity index (χ0n) is 12.1. The van der Waals surface area contributed by atoms with Crippen LogP contribution in [0.3, 0.4) is 0 Å². The van der Waals surface area contributed by atoms with E-state index in [9.17, 15) is 4.79 Å². The van der Waals surface area contributed by atoms with Crippen molar-refractivity contribution in [3.05, 3.63) is 50.6 Å². The van der Waals surface area contributed by atoms with Gasteiger partial charge in [0.05, 0.1) is 22.8 Å². The molecule has 0 atom stereocenters. The molecule has 0 saturated carbocycles. The van der Waals surface area contributed by atoms with E-state index in [1.807, 2.05) is 0 Å². The highest BCUT2D eigenvalue weighted by Crippen LogP contribution is 2.25. The molecule has 5 nitrogen and oxygen atoms in total. The molecule has 1 aromatic carbocycles. The summed E-state index contributed by atoms with van der Waals surface area (Å²) in [5.41, 5.74) is 1.14. The van der Waals surface area contributed by atoms with Crippen molar-refractivity contribution in [3.63, 3.8) is 0 Å². The number of benzene rings is 1. The molecule has 0 aliphatic carbocycles. The van der Waals surface area contributed by atoms with Gasteiger partial charge in [0, 0.05) is 34.6 Å². The van der Waals surface area contributed by atoms with Crippen LogP contribution in [0.5, 0.6) is 0 Å². The van der Waals surface area contributed by atoms with Crippen LogP contribution in [0.4, 0.5) is 11.5 Å². The van der Waals surface area contributed by atoms with Crippen molar-refractivity contribution in [1.82, 2.24) is 4.98 Å². The summed E-state index contributed by atoms with van der Waals surface area (Å²) in [6, 6.07) is 5.02. The Bertz CT molecular complexity index is 746. The second-order valence-corrected chi connectivity index (χ2v) is 5.75. The summed E-state index contributed by atoms with van der Waals surface area (Å²) < 4.78 is 4.91. The number of nitrogens with zero attached hydrogens (tertiary/aromatic N) is 1. The smallest absolute Gasteiger partial charge is 0.341 e. The molecule has 0 unspecified atom stereocenters. The predicted molar refractivity (Wildman–Crippen MR) is 90.8 cm³/mol. The fraction of sp³-hybridized carbons (Fsp3) is 0.133. The minimum atomic E-state index is -0.578. The van der Waals surface area contributed by atoms with Crippen molar-refractivity contribution >= 4 is 58.5 Å². The predicted octanol–water partition coefficient (Wildman–Crippen LogP) is 3.74. The Morgan fingerprint density at radius 2 is 1.96 bits per heavy atom. The highest BCUT2D eigenvalue weighted by Gasteiger charge is 2.20. The van der Waals surface area contributed by atoms with E-state index >= 15 is 0 Å². The summed E-state index contributed by atoms with van der Waals surface area (Å²) in [4.78, 5) is 16.0. The summed E-state index contributed by atoms with van der Waals surface area (Å²) in [7, 11) is 0. The Kier molecular flexibility index (Phi) is 5.96. The lowest BCUT2D eigenvalue weighted by Crippen LogP contribution is -2.72. The Balaban J connectivity index is 2.41. The number of esters is 1. The molecule has 8 heteroatoms. The Hall–Kier alpha value is -1.66. The van der Waals surface area contributed by atoms with Gasteiger partial charge in [0.25, 0.3) is 0 Å². The molecule has 0 saturated heterocycles. The lowest BCUT2D eigenvalue weighted by Gasteiger charge is -2.09. The van der Waals surface area contributed by atoms with Crippen LogP contribution >= 0.6 is 34.8 Å². The number of pyridine rings is 1. The number of nitrogens with one attached hydrogen (secondary N) is 1. The molecular weight excluding hydrogens is 361 g/mol. The van der Waals surface area contributed by atoms with Gasteiger partial charge >= 0.3 is 5.97 Å². The van der Waals surface area contributed by atoms with Gasteiger partial charge in [0.15, 0.2) is 0 Å². The molecule has 0 amide bonds. The average molecular weight is 374 g/mol. The standard InChI is InChI=1S/C15H12Cl3N3O2/c1-2-23-15(22)12-7-20-14(11(6-19)13(12)18)21-10-4-8(16)3-9(17)5-10/h3-7,19H,2H2,1H3,(H,20,21)/p+1. The van der Waals surface area contributed by atoms with Gasteiger partial charge in [-0.25, -0.2) is 9.78 Å². The van der Waals surface area contributed by atoms with E-state index < -0.39 is 5.97 Å². The van der Waals surface area contributed by atoms with Crippen molar-refractivity contribution in [2.45, 2.75) is 6.92 Å². The van der Waals surface area contributed by atoms with E-state index in [2.05, 4.69) is 4.98 Å². The number of ether oxygens (including phenoxy) is 1. The van der Waals surface area contributed by atoms with Crippen LogP contribution in [0, 0.1) is 5.41 Å². The van der Waals surface area contributed by atoms with E-state index in [0.29, 0.717) is 27.1 Å². The largest absolute Gasteiger partial charge is 0.462 e. The lowest BCUT2D eigenvalue weighted by molar-refractivity contribution is -0.483. The summed E-state index contributed by atoms with van der Waals surface area (Å²) >= 11 is 18.1. The first-order chi connectivity index (χ1) is 11.0. The van der Waals surface area contributed by atoms with Gasteiger partial charge in [-0.2, -0.15) is 0 Å². The molecule has 3 N–H and O–H groups in total. The topological polar surface area (TPSA) is 79.7 Å². The molecule has 23 heavy (non-hydrogen) atoms. The number of aromatic nitrogens is 1. The Labute approximate surface area is 148 Å². The molecule has 0 aliphatic heterocycles. The normalized spacial score (nSPS) is 10.4. The molecule has 2 rings (SSSR count). The highest BCUT2D eigenvalue weighted by molar-refractivity contribution is 6.36. The first-order valence-electron chi connectivity index (χ1n) is 6.63. The molecular formula is C15H13Cl3N3O2+. The summed E-state index contributed by atoms with van der Waals surface area (Å²) in [5, 5.41) is 10.3. The van der Waals surface area contributed by atoms with Crippen molar-refractivity contribution in [2.24, 2.45) is 0 Å². The highest BCUT2D eigenvalue weighted by atomic mass is 35.5. The molecule has 0 aliphatic rings. The second-order valence-electron chi connectivity index (χ2n) is 4.50. The second kappa shape index (κ2) is 7.75. The average Bonchev–Trinajstić information content (AvgIpc) is 2.46. The van der Waals surface area contributed by atoms with Crippen LogP contribution in [0.25, 0.3) is 0 Å². The molecule has 1 heterocycles. The number of halogens is 3. The van der Waals surface area contributed by atoms with Crippen LogP contribution in [0.2, 0.25) is 15.1 Å². The fourth-order valence-corrected chi connectivity index (χ4v) is 2.76. The third kappa shape index (κ3) is 4.20. The van der Waals surface area contributed by atoms with Gasteiger partial charge in [0.1, 0.15) is 5.69 Å². The molecule has 0 radical (unpaired) electrons. The third-order valence-electron chi connectivity index (χ3n) is 2.91. The zero-order valence-corrected chi connectivity index (χ0v) is 14.3. The van der Waals surface area contributed by atoms with E-state index in [0.717, 1.165) is 6.21 Å². The van der Waals surface area contributed by atoms with Crippen LogP contribution in [-0.4, -0.2) is 23.8 Å². The summed E-state index contributed by atoms with van der Waals surface area (Å²) in [6.45, 7) is 1.92. The van der Waals surface area contributed by atoms with Gasteiger partial charge in [0.2, 0.25) is 5.82 Å². The first-order valence-corrected chi connectivity index (χ1v) is 7.76. The zero-order chi connectivity index (χ0) is 17.0. The van der Waals surface area contributed by atoms with E-state index in [-0.39, 0.29) is 17.2 Å². The number of rotatable bonds is 5. The Morgan fingerprint density at radius 3 is 2.52 bits per heavy atom. The van der Waals surface area contributed by atoms with E-state index in [4.69, 9.17) is 44.9 Å².